The molecule has 0 radical (unpaired) electrons. The number of carbonyl (C=O) groups excluding carboxylic acids is 1. The summed E-state index contributed by atoms with van der Waals surface area (Å²) < 4.78 is 0. The van der Waals surface area contributed by atoms with Gasteiger partial charge in [0, 0.05) is 13.1 Å². The second-order valence-electron chi connectivity index (χ2n) is 4.10. The van der Waals surface area contributed by atoms with Gasteiger partial charge in [-0.15, -0.1) is 0 Å². The van der Waals surface area contributed by atoms with E-state index in [4.69, 9.17) is 5.73 Å². The number of nitrogens with two attached hydrogens (primary N) is 1. The molecule has 1 aliphatic rings. The number of nitrogen functional groups attached to an aromatic ring is 1. The maximum atomic E-state index is 11.8. The van der Waals surface area contributed by atoms with Crippen molar-refractivity contribution >= 4 is 11.6 Å². The first-order valence-corrected chi connectivity index (χ1v) is 5.55. The lowest BCUT2D eigenvalue weighted by atomic mass is 10.2. The summed E-state index contributed by atoms with van der Waals surface area (Å²) in [6.07, 6.45) is 3.47. The molecule has 1 fully saturated rings. The van der Waals surface area contributed by atoms with E-state index >= 15 is 0 Å². The Morgan fingerprint density at radius 1 is 1.44 bits per heavy atom. The van der Waals surface area contributed by atoms with E-state index < -0.39 is 0 Å². The number of aromatic nitrogens is 2. The molecule has 6 heteroatoms. The lowest BCUT2D eigenvalue weighted by molar-refractivity contribution is 0.0745. The van der Waals surface area contributed by atoms with Crippen molar-refractivity contribution in [3.05, 3.63) is 11.4 Å². The molecule has 1 saturated heterocycles. The molecular weight excluding hydrogens is 206 g/mol. The van der Waals surface area contributed by atoms with E-state index in [9.17, 15) is 4.79 Å². The van der Waals surface area contributed by atoms with E-state index in [2.05, 4.69) is 15.6 Å². The van der Waals surface area contributed by atoms with Crippen LogP contribution in [0.3, 0.4) is 0 Å². The van der Waals surface area contributed by atoms with Crippen LogP contribution in [-0.4, -0.2) is 34.2 Å². The van der Waals surface area contributed by atoms with E-state index in [1.807, 2.05) is 5.01 Å². The molecule has 1 aromatic rings. The first-order valence-electron chi connectivity index (χ1n) is 5.55. The number of aromatic amines is 1. The number of piperidine rings is 1. The van der Waals surface area contributed by atoms with Gasteiger partial charge in [0.15, 0.2) is 5.69 Å². The number of aryl methyl sites for hydroxylation is 1. The summed E-state index contributed by atoms with van der Waals surface area (Å²) in [5.74, 6) is -0.233. The third-order valence-electron chi connectivity index (χ3n) is 2.83. The first-order chi connectivity index (χ1) is 7.68. The smallest absolute Gasteiger partial charge is 0.288 e. The fraction of sp³-hybridized carbons (Fsp3) is 0.600. The number of rotatable bonds is 2. The molecule has 0 saturated carbocycles. The summed E-state index contributed by atoms with van der Waals surface area (Å²) in [7, 11) is 0. The van der Waals surface area contributed by atoms with Crippen LogP contribution >= 0.6 is 0 Å². The number of nitrogens with one attached hydrogen (secondary N) is 2. The van der Waals surface area contributed by atoms with Crippen LogP contribution in [-0.2, 0) is 0 Å². The number of H-pyrrole nitrogens is 1. The Kier molecular flexibility index (Phi) is 3.09. The first kappa shape index (κ1) is 10.9. The average molecular weight is 223 g/mol. The minimum absolute atomic E-state index is 0.233. The van der Waals surface area contributed by atoms with Crippen LogP contribution in [0.5, 0.6) is 0 Å². The number of hydrogen-bond donors (Lipinski definition) is 3. The number of anilines is 1. The number of carbonyl (C=O) groups is 1. The Hall–Kier alpha value is -1.56. The van der Waals surface area contributed by atoms with Crippen LogP contribution in [0, 0.1) is 6.92 Å². The van der Waals surface area contributed by atoms with Gasteiger partial charge in [0.05, 0.1) is 11.4 Å². The van der Waals surface area contributed by atoms with Crippen molar-refractivity contribution in [2.24, 2.45) is 0 Å². The highest BCUT2D eigenvalue weighted by Crippen LogP contribution is 2.13. The zero-order valence-corrected chi connectivity index (χ0v) is 9.42. The summed E-state index contributed by atoms with van der Waals surface area (Å²) in [6, 6.07) is 0. The summed E-state index contributed by atoms with van der Waals surface area (Å²) in [5.41, 5.74) is 9.99. The van der Waals surface area contributed by atoms with Crippen molar-refractivity contribution in [1.82, 2.24) is 20.6 Å². The van der Waals surface area contributed by atoms with Crippen LogP contribution in [0.25, 0.3) is 0 Å². The normalized spacial score (nSPS) is 17.3. The Morgan fingerprint density at radius 2 is 2.12 bits per heavy atom. The zero-order valence-electron chi connectivity index (χ0n) is 9.42. The van der Waals surface area contributed by atoms with Gasteiger partial charge in [-0.25, -0.2) is 5.01 Å². The van der Waals surface area contributed by atoms with Gasteiger partial charge in [-0.2, -0.15) is 5.10 Å². The fourth-order valence-electron chi connectivity index (χ4n) is 1.81. The van der Waals surface area contributed by atoms with Crippen LogP contribution in [0.4, 0.5) is 5.69 Å². The van der Waals surface area contributed by atoms with E-state index in [0.717, 1.165) is 31.6 Å². The highest BCUT2D eigenvalue weighted by Gasteiger charge is 2.18. The monoisotopic (exact) mass is 223 g/mol. The van der Waals surface area contributed by atoms with Crippen molar-refractivity contribution in [1.29, 1.82) is 0 Å². The van der Waals surface area contributed by atoms with E-state index in [1.54, 1.807) is 6.92 Å². The molecule has 1 amide bonds. The minimum Gasteiger partial charge on any atom is -0.395 e. The molecule has 0 spiro atoms. The highest BCUT2D eigenvalue weighted by molar-refractivity contribution is 5.97. The van der Waals surface area contributed by atoms with E-state index in [1.165, 1.54) is 6.42 Å². The lowest BCUT2D eigenvalue weighted by Gasteiger charge is -2.26. The van der Waals surface area contributed by atoms with Crippen LogP contribution in [0.2, 0.25) is 0 Å². The maximum absolute atomic E-state index is 11.8. The van der Waals surface area contributed by atoms with Gasteiger partial charge >= 0.3 is 0 Å². The number of nitrogens with zero attached hydrogens (tertiary/aromatic N) is 2. The largest absolute Gasteiger partial charge is 0.395 e. The van der Waals surface area contributed by atoms with Crippen molar-refractivity contribution in [2.75, 3.05) is 18.8 Å². The van der Waals surface area contributed by atoms with Crippen molar-refractivity contribution in [2.45, 2.75) is 26.2 Å². The predicted octanol–water partition coefficient (Wildman–Crippen LogP) is 0.431. The second kappa shape index (κ2) is 4.52. The molecular formula is C10H17N5O. The Labute approximate surface area is 94.2 Å². The third kappa shape index (κ3) is 2.16. The Balaban J connectivity index is 1.99. The standard InChI is InChI=1S/C10H17N5O/c1-7-8(11)9(13-12-7)10(16)14-15-5-3-2-4-6-15/h2-6,11H2,1H3,(H,12,13)(H,14,16). The molecule has 0 unspecified atom stereocenters. The maximum Gasteiger partial charge on any atom is 0.288 e. The van der Waals surface area contributed by atoms with Crippen molar-refractivity contribution in [3.8, 4) is 0 Å². The molecule has 0 atom stereocenters. The summed E-state index contributed by atoms with van der Waals surface area (Å²) >= 11 is 0. The topological polar surface area (TPSA) is 87.0 Å². The zero-order chi connectivity index (χ0) is 11.5. The van der Waals surface area contributed by atoms with Gasteiger partial charge in [0.2, 0.25) is 0 Å². The Morgan fingerprint density at radius 3 is 2.69 bits per heavy atom. The van der Waals surface area contributed by atoms with Gasteiger partial charge in [-0.1, -0.05) is 6.42 Å². The fourth-order valence-corrected chi connectivity index (χ4v) is 1.81. The number of amides is 1. The molecule has 2 heterocycles. The molecule has 6 nitrogen and oxygen atoms in total. The van der Waals surface area contributed by atoms with E-state index in [0.29, 0.717) is 5.69 Å². The van der Waals surface area contributed by atoms with Crippen LogP contribution < -0.4 is 11.2 Å². The second-order valence-corrected chi connectivity index (χ2v) is 4.10. The molecule has 4 N–H and O–H groups in total. The van der Waals surface area contributed by atoms with Crippen LogP contribution in [0.15, 0.2) is 0 Å². The molecule has 0 bridgehead atoms. The quantitative estimate of drug-likeness (QED) is 0.678. The number of hydrogen-bond acceptors (Lipinski definition) is 4. The molecule has 16 heavy (non-hydrogen) atoms. The molecule has 1 aromatic heterocycles. The van der Waals surface area contributed by atoms with Crippen LogP contribution in [0.1, 0.15) is 35.4 Å². The van der Waals surface area contributed by atoms with Crippen molar-refractivity contribution < 1.29 is 4.79 Å². The molecule has 0 aromatic carbocycles. The highest BCUT2D eigenvalue weighted by atomic mass is 16.2. The summed E-state index contributed by atoms with van der Waals surface area (Å²) in [4.78, 5) is 11.8. The van der Waals surface area contributed by atoms with Gasteiger partial charge in [0.1, 0.15) is 0 Å². The molecule has 88 valence electrons. The lowest BCUT2D eigenvalue weighted by Crippen LogP contribution is -2.45. The predicted molar refractivity (Wildman–Crippen MR) is 60.6 cm³/mol. The minimum atomic E-state index is -0.233. The van der Waals surface area contributed by atoms with Gasteiger partial charge in [0.25, 0.3) is 5.91 Å². The van der Waals surface area contributed by atoms with Gasteiger partial charge < -0.3 is 5.73 Å². The SMILES string of the molecule is Cc1[nH]nc(C(=O)NN2CCCCC2)c1N. The van der Waals surface area contributed by atoms with Gasteiger partial charge in [-0.3, -0.25) is 15.3 Å². The summed E-state index contributed by atoms with van der Waals surface area (Å²) in [5, 5.41) is 8.52. The van der Waals surface area contributed by atoms with Gasteiger partial charge in [-0.05, 0) is 19.8 Å². The van der Waals surface area contributed by atoms with E-state index in [-0.39, 0.29) is 11.6 Å². The van der Waals surface area contributed by atoms with Crippen molar-refractivity contribution in [3.63, 3.8) is 0 Å². The third-order valence-corrected chi connectivity index (χ3v) is 2.83. The summed E-state index contributed by atoms with van der Waals surface area (Å²) in [6.45, 7) is 3.59. The average Bonchev–Trinajstić information content (AvgIpc) is 2.61. The molecule has 0 aliphatic carbocycles. The Bertz CT molecular complexity index is 381. The molecule has 2 rings (SSSR count). The molecule has 1 aliphatic heterocycles. The number of hydrazine groups is 1.